The van der Waals surface area contributed by atoms with E-state index in [0.717, 1.165) is 18.7 Å². The lowest BCUT2D eigenvalue weighted by Gasteiger charge is -2.26. The Labute approximate surface area is 157 Å². The summed E-state index contributed by atoms with van der Waals surface area (Å²) in [7, 11) is 4.20. The smallest absolute Gasteiger partial charge is 0.170 e. The molecule has 0 aromatic heterocycles. The summed E-state index contributed by atoms with van der Waals surface area (Å²) in [5.74, 6) is 0. The van der Waals surface area contributed by atoms with Gasteiger partial charge in [0.15, 0.2) is 5.11 Å². The summed E-state index contributed by atoms with van der Waals surface area (Å²) in [5, 5.41) is 7.30. The number of thiocarbonyl (C=S) groups is 1. The van der Waals surface area contributed by atoms with Crippen LogP contribution >= 0.6 is 12.2 Å². The third-order valence-corrected chi connectivity index (χ3v) is 4.58. The number of likely N-dealkylation sites (N-methyl/N-ethyl adjacent to an activating group) is 1. The maximum absolute atomic E-state index is 5.48. The van der Waals surface area contributed by atoms with E-state index in [4.69, 9.17) is 12.2 Å². The number of anilines is 1. The fourth-order valence-corrected chi connectivity index (χ4v) is 3.19. The van der Waals surface area contributed by atoms with Crippen LogP contribution in [0.2, 0.25) is 0 Å². The molecule has 0 radical (unpaired) electrons. The van der Waals surface area contributed by atoms with Gasteiger partial charge >= 0.3 is 0 Å². The zero-order valence-corrected chi connectivity index (χ0v) is 16.7. The van der Waals surface area contributed by atoms with Crippen molar-refractivity contribution in [1.82, 2.24) is 10.2 Å². The van der Waals surface area contributed by atoms with Gasteiger partial charge in [0.25, 0.3) is 0 Å². The van der Waals surface area contributed by atoms with Crippen molar-refractivity contribution in [3.05, 3.63) is 64.7 Å². The van der Waals surface area contributed by atoms with E-state index in [1.165, 1.54) is 22.3 Å². The van der Waals surface area contributed by atoms with Crippen molar-refractivity contribution in [3.8, 4) is 0 Å². The molecule has 0 spiro atoms. The lowest BCUT2D eigenvalue weighted by molar-refractivity contribution is 0.299. The normalized spacial score (nSPS) is 12.1. The van der Waals surface area contributed by atoms with Crippen molar-refractivity contribution in [2.45, 2.75) is 33.2 Å². The largest absolute Gasteiger partial charge is 0.361 e. The SMILES string of the molecule is CCc1ccc([C@@H](CNC(=S)Nc2cc(C)cc(C)c2)N(C)C)cc1. The third-order valence-electron chi connectivity index (χ3n) is 4.33. The standard InChI is InChI=1S/C21H29N3S/c1-6-17-7-9-18(10-8-17)20(24(4)5)14-22-21(25)23-19-12-15(2)11-16(3)13-19/h7-13,20H,6,14H2,1-5H3,(H2,22,23,25)/t20-/m1/s1. The first-order valence-electron chi connectivity index (χ1n) is 8.77. The number of nitrogens with zero attached hydrogens (tertiary/aromatic N) is 1. The average molecular weight is 356 g/mol. The van der Waals surface area contributed by atoms with Crippen molar-refractivity contribution in [2.75, 3.05) is 26.0 Å². The first-order valence-corrected chi connectivity index (χ1v) is 9.18. The summed E-state index contributed by atoms with van der Waals surface area (Å²) >= 11 is 5.48. The number of nitrogens with one attached hydrogen (secondary N) is 2. The summed E-state index contributed by atoms with van der Waals surface area (Å²) in [6.07, 6.45) is 1.06. The highest BCUT2D eigenvalue weighted by molar-refractivity contribution is 7.80. The van der Waals surface area contributed by atoms with E-state index >= 15 is 0 Å². The van der Waals surface area contributed by atoms with E-state index in [1.54, 1.807) is 0 Å². The second-order valence-corrected chi connectivity index (χ2v) is 7.19. The van der Waals surface area contributed by atoms with Crippen LogP contribution in [-0.2, 0) is 6.42 Å². The molecule has 134 valence electrons. The first-order chi connectivity index (χ1) is 11.9. The van der Waals surface area contributed by atoms with Gasteiger partial charge in [-0.05, 0) is 81.0 Å². The Morgan fingerprint density at radius 2 is 1.64 bits per heavy atom. The summed E-state index contributed by atoms with van der Waals surface area (Å²) in [6, 6.07) is 15.5. The molecule has 0 fully saturated rings. The molecule has 2 N–H and O–H groups in total. The quantitative estimate of drug-likeness (QED) is 0.749. The molecule has 0 aliphatic rings. The highest BCUT2D eigenvalue weighted by atomic mass is 32.1. The van der Waals surface area contributed by atoms with Crippen LogP contribution < -0.4 is 10.6 Å². The van der Waals surface area contributed by atoms with Gasteiger partial charge in [-0.3, -0.25) is 0 Å². The fraction of sp³-hybridized carbons (Fsp3) is 0.381. The minimum atomic E-state index is 0.268. The lowest BCUT2D eigenvalue weighted by atomic mass is 10.0. The molecular weight excluding hydrogens is 326 g/mol. The maximum atomic E-state index is 5.48. The molecule has 0 heterocycles. The predicted octanol–water partition coefficient (Wildman–Crippen LogP) is 4.46. The Bertz CT molecular complexity index is 687. The van der Waals surface area contributed by atoms with Gasteiger partial charge < -0.3 is 15.5 Å². The summed E-state index contributed by atoms with van der Waals surface area (Å²) < 4.78 is 0. The Morgan fingerprint density at radius 1 is 1.04 bits per heavy atom. The molecule has 0 saturated carbocycles. The van der Waals surface area contributed by atoms with Gasteiger partial charge in [0, 0.05) is 12.2 Å². The number of aryl methyl sites for hydroxylation is 3. The van der Waals surface area contributed by atoms with Crippen LogP contribution in [0.4, 0.5) is 5.69 Å². The number of rotatable bonds is 6. The monoisotopic (exact) mass is 355 g/mol. The van der Waals surface area contributed by atoms with Crippen LogP contribution in [0.1, 0.15) is 35.2 Å². The van der Waals surface area contributed by atoms with Crippen LogP contribution in [0, 0.1) is 13.8 Å². The van der Waals surface area contributed by atoms with Gasteiger partial charge in [0.1, 0.15) is 0 Å². The highest BCUT2D eigenvalue weighted by Crippen LogP contribution is 2.19. The molecule has 3 nitrogen and oxygen atoms in total. The molecule has 2 aromatic carbocycles. The van der Waals surface area contributed by atoms with Crippen molar-refractivity contribution >= 4 is 23.0 Å². The number of hydrogen-bond acceptors (Lipinski definition) is 2. The van der Waals surface area contributed by atoms with Crippen LogP contribution in [0.5, 0.6) is 0 Å². The summed E-state index contributed by atoms with van der Waals surface area (Å²) in [6.45, 7) is 7.12. The highest BCUT2D eigenvalue weighted by Gasteiger charge is 2.14. The van der Waals surface area contributed by atoms with Gasteiger partial charge in [0.05, 0.1) is 6.04 Å². The van der Waals surface area contributed by atoms with Crippen LogP contribution in [0.3, 0.4) is 0 Å². The Kier molecular flexibility index (Phi) is 6.97. The minimum Gasteiger partial charge on any atom is -0.361 e. The lowest BCUT2D eigenvalue weighted by Crippen LogP contribution is -2.36. The van der Waals surface area contributed by atoms with Gasteiger partial charge in [-0.1, -0.05) is 37.3 Å². The molecule has 0 saturated heterocycles. The van der Waals surface area contributed by atoms with E-state index < -0.39 is 0 Å². The molecular formula is C21H29N3S. The Morgan fingerprint density at radius 3 is 2.16 bits per heavy atom. The number of benzene rings is 2. The van der Waals surface area contributed by atoms with E-state index in [-0.39, 0.29) is 6.04 Å². The van der Waals surface area contributed by atoms with Gasteiger partial charge in [-0.25, -0.2) is 0 Å². The molecule has 0 unspecified atom stereocenters. The molecule has 1 atom stereocenters. The fourth-order valence-electron chi connectivity index (χ4n) is 2.99. The summed E-state index contributed by atoms with van der Waals surface area (Å²) in [5.41, 5.74) is 6.15. The van der Waals surface area contributed by atoms with Crippen molar-refractivity contribution < 1.29 is 0 Å². The minimum absolute atomic E-state index is 0.268. The van der Waals surface area contributed by atoms with E-state index in [2.05, 4.69) is 92.9 Å². The maximum Gasteiger partial charge on any atom is 0.170 e. The molecule has 4 heteroatoms. The molecule has 25 heavy (non-hydrogen) atoms. The second-order valence-electron chi connectivity index (χ2n) is 6.79. The number of hydrogen-bond donors (Lipinski definition) is 2. The topological polar surface area (TPSA) is 27.3 Å². The van der Waals surface area contributed by atoms with Gasteiger partial charge in [0.2, 0.25) is 0 Å². The molecule has 2 aromatic rings. The molecule has 2 rings (SSSR count). The third kappa shape index (κ3) is 5.83. The molecule has 0 amide bonds. The van der Waals surface area contributed by atoms with Gasteiger partial charge in [-0.15, -0.1) is 0 Å². The Balaban J connectivity index is 1.99. The molecule has 0 aliphatic carbocycles. The second kappa shape index (κ2) is 8.97. The predicted molar refractivity (Wildman–Crippen MR) is 112 cm³/mol. The van der Waals surface area contributed by atoms with Crippen molar-refractivity contribution in [3.63, 3.8) is 0 Å². The molecule has 0 bridgehead atoms. The van der Waals surface area contributed by atoms with Gasteiger partial charge in [-0.2, -0.15) is 0 Å². The molecule has 0 aliphatic heterocycles. The first kappa shape index (κ1) is 19.4. The zero-order valence-electron chi connectivity index (χ0n) is 15.9. The van der Waals surface area contributed by atoms with E-state index in [0.29, 0.717) is 5.11 Å². The van der Waals surface area contributed by atoms with E-state index in [1.807, 2.05) is 0 Å². The Hall–Kier alpha value is -1.91. The zero-order chi connectivity index (χ0) is 18.4. The average Bonchev–Trinajstić information content (AvgIpc) is 2.54. The van der Waals surface area contributed by atoms with Crippen LogP contribution in [0.25, 0.3) is 0 Å². The van der Waals surface area contributed by atoms with E-state index in [9.17, 15) is 0 Å². The van der Waals surface area contributed by atoms with Crippen LogP contribution in [0.15, 0.2) is 42.5 Å². The van der Waals surface area contributed by atoms with Crippen molar-refractivity contribution in [1.29, 1.82) is 0 Å². The van der Waals surface area contributed by atoms with Crippen LogP contribution in [-0.4, -0.2) is 30.7 Å². The summed E-state index contributed by atoms with van der Waals surface area (Å²) in [4.78, 5) is 2.22. The van der Waals surface area contributed by atoms with Crippen molar-refractivity contribution in [2.24, 2.45) is 0 Å².